The van der Waals surface area contributed by atoms with Gasteiger partial charge in [-0.2, -0.15) is 0 Å². The first-order valence-corrected chi connectivity index (χ1v) is 4.96. The van der Waals surface area contributed by atoms with Crippen LogP contribution in [0.4, 0.5) is 0 Å². The number of hydrogen-bond acceptors (Lipinski definition) is 4. The zero-order valence-electron chi connectivity index (χ0n) is 8.84. The highest BCUT2D eigenvalue weighted by Crippen LogP contribution is 2.13. The number of amides is 1. The minimum absolute atomic E-state index is 0.267. The lowest BCUT2D eigenvalue weighted by Crippen LogP contribution is -2.24. The average molecular weight is 234 g/mol. The first-order chi connectivity index (χ1) is 8.15. The summed E-state index contributed by atoms with van der Waals surface area (Å²) >= 11 is 0. The monoisotopic (exact) mass is 234 g/mol. The number of carboxylic acids is 1. The topological polar surface area (TPSA) is 92.4 Å². The van der Waals surface area contributed by atoms with Gasteiger partial charge in [0.2, 0.25) is 5.91 Å². The Hall–Kier alpha value is -2.37. The third kappa shape index (κ3) is 2.81. The second kappa shape index (κ2) is 4.65. The van der Waals surface area contributed by atoms with E-state index >= 15 is 0 Å². The maximum absolute atomic E-state index is 11.1. The van der Waals surface area contributed by atoms with Crippen molar-refractivity contribution in [3.63, 3.8) is 0 Å². The van der Waals surface area contributed by atoms with Crippen LogP contribution in [0.2, 0.25) is 0 Å². The van der Waals surface area contributed by atoms with Crippen molar-refractivity contribution in [2.45, 2.75) is 13.0 Å². The summed E-state index contributed by atoms with van der Waals surface area (Å²) in [5, 5.41) is 10.9. The lowest BCUT2D eigenvalue weighted by molar-refractivity contribution is -0.140. The lowest BCUT2D eigenvalue weighted by atomic mass is 10.2. The van der Waals surface area contributed by atoms with Gasteiger partial charge in [0.05, 0.1) is 0 Å². The number of carboxylic acid groups (broad SMARTS) is 1. The number of rotatable bonds is 4. The van der Waals surface area contributed by atoms with Gasteiger partial charge in [0.25, 0.3) is 0 Å². The largest absolute Gasteiger partial charge is 0.481 e. The Morgan fingerprint density at radius 3 is 3.00 bits per heavy atom. The Balaban J connectivity index is 1.98. The fourth-order valence-corrected chi connectivity index (χ4v) is 1.41. The quantitative estimate of drug-likeness (QED) is 0.767. The lowest BCUT2D eigenvalue weighted by Gasteiger charge is -2.03. The number of oxazole rings is 1. The average Bonchev–Trinajstić information content (AvgIpc) is 2.72. The molecule has 1 aromatic carbocycles. The number of nitrogens with zero attached hydrogens (tertiary/aromatic N) is 1. The van der Waals surface area contributed by atoms with Crippen LogP contribution in [-0.4, -0.2) is 22.0 Å². The zero-order chi connectivity index (χ0) is 12.3. The predicted molar refractivity (Wildman–Crippen MR) is 58.1 cm³/mol. The molecule has 0 radical (unpaired) electrons. The molecular weight excluding hydrogens is 224 g/mol. The molecule has 0 aliphatic carbocycles. The summed E-state index contributed by atoms with van der Waals surface area (Å²) in [6, 6.07) is 5.33. The van der Waals surface area contributed by atoms with Gasteiger partial charge in [-0.15, -0.1) is 0 Å². The van der Waals surface area contributed by atoms with Crippen LogP contribution in [0.3, 0.4) is 0 Å². The molecule has 1 aromatic heterocycles. The second-order valence-corrected chi connectivity index (χ2v) is 3.50. The molecule has 2 aromatic rings. The number of fused-ring (bicyclic) bond motifs is 1. The first kappa shape index (κ1) is 11.1. The van der Waals surface area contributed by atoms with Crippen molar-refractivity contribution in [3.05, 3.63) is 30.2 Å². The Labute approximate surface area is 96.3 Å². The van der Waals surface area contributed by atoms with Gasteiger partial charge in [-0.05, 0) is 17.7 Å². The molecule has 0 aliphatic heterocycles. The highest BCUT2D eigenvalue weighted by Gasteiger charge is 2.07. The number of hydrogen-bond donors (Lipinski definition) is 2. The summed E-state index contributed by atoms with van der Waals surface area (Å²) in [5.74, 6) is -1.66. The van der Waals surface area contributed by atoms with Crippen molar-refractivity contribution in [2.75, 3.05) is 0 Å². The van der Waals surface area contributed by atoms with Gasteiger partial charge in [0.1, 0.15) is 11.9 Å². The second-order valence-electron chi connectivity index (χ2n) is 3.50. The molecule has 0 spiro atoms. The van der Waals surface area contributed by atoms with Gasteiger partial charge < -0.3 is 14.8 Å². The molecule has 6 nitrogen and oxygen atoms in total. The molecule has 6 heteroatoms. The molecule has 0 saturated carbocycles. The fourth-order valence-electron chi connectivity index (χ4n) is 1.41. The molecule has 1 heterocycles. The number of aliphatic carboxylic acids is 1. The summed E-state index contributed by atoms with van der Waals surface area (Å²) in [5.41, 5.74) is 2.20. The van der Waals surface area contributed by atoms with Crippen molar-refractivity contribution >= 4 is 23.0 Å². The Morgan fingerprint density at radius 1 is 1.41 bits per heavy atom. The van der Waals surface area contributed by atoms with E-state index in [0.717, 1.165) is 11.1 Å². The van der Waals surface area contributed by atoms with Crippen LogP contribution in [0.25, 0.3) is 11.1 Å². The molecule has 0 atom stereocenters. The Morgan fingerprint density at radius 2 is 2.24 bits per heavy atom. The summed E-state index contributed by atoms with van der Waals surface area (Å²) < 4.78 is 5.11. The third-order valence-corrected chi connectivity index (χ3v) is 2.20. The molecular formula is C11H10N2O4. The molecule has 0 aliphatic rings. The highest BCUT2D eigenvalue weighted by atomic mass is 16.4. The standard InChI is InChI=1S/C11H10N2O4/c14-10(4-11(15)16)12-5-7-1-2-8-9(3-7)17-6-13-8/h1-3,6H,4-5H2,(H,12,14)(H,15,16). The van der Waals surface area contributed by atoms with Crippen molar-refractivity contribution in [1.82, 2.24) is 10.3 Å². The van der Waals surface area contributed by atoms with Crippen LogP contribution < -0.4 is 5.32 Å². The van der Waals surface area contributed by atoms with Crippen molar-refractivity contribution in [2.24, 2.45) is 0 Å². The summed E-state index contributed by atoms with van der Waals surface area (Å²) in [7, 11) is 0. The van der Waals surface area contributed by atoms with E-state index in [2.05, 4.69) is 10.3 Å². The smallest absolute Gasteiger partial charge is 0.312 e. The van der Waals surface area contributed by atoms with Crippen molar-refractivity contribution in [3.8, 4) is 0 Å². The van der Waals surface area contributed by atoms with Crippen LogP contribution in [0.15, 0.2) is 29.0 Å². The van der Waals surface area contributed by atoms with Crippen LogP contribution in [0, 0.1) is 0 Å². The van der Waals surface area contributed by atoms with Crippen LogP contribution >= 0.6 is 0 Å². The SMILES string of the molecule is O=C(O)CC(=O)NCc1ccc2ncoc2c1. The fraction of sp³-hybridized carbons (Fsp3) is 0.182. The molecule has 0 unspecified atom stereocenters. The number of nitrogens with one attached hydrogen (secondary N) is 1. The third-order valence-electron chi connectivity index (χ3n) is 2.20. The summed E-state index contributed by atoms with van der Waals surface area (Å²) in [6.45, 7) is 0.267. The summed E-state index contributed by atoms with van der Waals surface area (Å²) in [6.07, 6.45) is 0.821. The van der Waals surface area contributed by atoms with Gasteiger partial charge in [-0.25, -0.2) is 4.98 Å². The van der Waals surface area contributed by atoms with Crippen LogP contribution in [0.5, 0.6) is 0 Å². The zero-order valence-corrected chi connectivity index (χ0v) is 8.84. The molecule has 1 amide bonds. The van der Waals surface area contributed by atoms with E-state index in [9.17, 15) is 9.59 Å². The molecule has 17 heavy (non-hydrogen) atoms. The summed E-state index contributed by atoms with van der Waals surface area (Å²) in [4.78, 5) is 25.4. The van der Waals surface area contributed by atoms with E-state index in [1.54, 1.807) is 18.2 Å². The molecule has 0 saturated heterocycles. The van der Waals surface area contributed by atoms with E-state index in [0.29, 0.717) is 5.58 Å². The minimum Gasteiger partial charge on any atom is -0.481 e. The van der Waals surface area contributed by atoms with E-state index < -0.39 is 18.3 Å². The predicted octanol–water partition coefficient (Wildman–Crippen LogP) is 0.919. The van der Waals surface area contributed by atoms with Gasteiger partial charge >= 0.3 is 5.97 Å². The van der Waals surface area contributed by atoms with Crippen LogP contribution in [0.1, 0.15) is 12.0 Å². The van der Waals surface area contributed by atoms with Gasteiger partial charge in [0.15, 0.2) is 12.0 Å². The van der Waals surface area contributed by atoms with E-state index in [1.807, 2.05) is 0 Å². The molecule has 88 valence electrons. The molecule has 2 rings (SSSR count). The van der Waals surface area contributed by atoms with Crippen molar-refractivity contribution in [1.29, 1.82) is 0 Å². The number of aromatic nitrogens is 1. The molecule has 2 N–H and O–H groups in total. The normalized spacial score (nSPS) is 10.4. The number of carbonyl (C=O) groups excluding carboxylic acids is 1. The van der Waals surface area contributed by atoms with E-state index in [1.165, 1.54) is 6.39 Å². The molecule has 0 bridgehead atoms. The van der Waals surface area contributed by atoms with Gasteiger partial charge in [-0.1, -0.05) is 6.07 Å². The Bertz CT molecular complexity index is 561. The number of carbonyl (C=O) groups is 2. The van der Waals surface area contributed by atoms with Gasteiger partial charge in [0, 0.05) is 6.54 Å². The van der Waals surface area contributed by atoms with Crippen LogP contribution in [-0.2, 0) is 16.1 Å². The van der Waals surface area contributed by atoms with E-state index in [-0.39, 0.29) is 6.54 Å². The van der Waals surface area contributed by atoms with Crippen molar-refractivity contribution < 1.29 is 19.1 Å². The minimum atomic E-state index is -1.15. The molecule has 0 fully saturated rings. The number of benzene rings is 1. The van der Waals surface area contributed by atoms with Gasteiger partial charge in [-0.3, -0.25) is 9.59 Å². The maximum atomic E-state index is 11.1. The van der Waals surface area contributed by atoms with E-state index in [4.69, 9.17) is 9.52 Å². The Kier molecular flexibility index (Phi) is 3.04. The highest BCUT2D eigenvalue weighted by molar-refractivity contribution is 5.93. The first-order valence-electron chi connectivity index (χ1n) is 4.96. The maximum Gasteiger partial charge on any atom is 0.312 e.